The first kappa shape index (κ1) is 17.3. The summed E-state index contributed by atoms with van der Waals surface area (Å²) in [5.41, 5.74) is 2.92. The topological polar surface area (TPSA) is 79.3 Å². The van der Waals surface area contributed by atoms with Gasteiger partial charge < -0.3 is 4.90 Å². The van der Waals surface area contributed by atoms with Crippen LogP contribution in [0.25, 0.3) is 11.0 Å². The number of piperazine rings is 1. The van der Waals surface area contributed by atoms with Crippen molar-refractivity contribution >= 4 is 40.2 Å². The summed E-state index contributed by atoms with van der Waals surface area (Å²) in [6.07, 6.45) is 3.60. The van der Waals surface area contributed by atoms with E-state index < -0.39 is 0 Å². The number of carbonyl (C=O) groups excluding carboxylic acids is 2. The fraction of sp³-hybridized carbons (Fsp3) is 0.250. The third-order valence-corrected chi connectivity index (χ3v) is 6.09. The first-order valence-electron chi connectivity index (χ1n) is 9.06. The maximum atomic E-state index is 12.8. The Hall–Kier alpha value is -2.84. The van der Waals surface area contributed by atoms with Crippen molar-refractivity contribution < 1.29 is 9.59 Å². The van der Waals surface area contributed by atoms with Crippen LogP contribution in [0.15, 0.2) is 36.5 Å². The van der Waals surface area contributed by atoms with Crippen LogP contribution in [-0.2, 0) is 0 Å². The maximum Gasteiger partial charge on any atom is 0.232 e. The highest BCUT2D eigenvalue weighted by Crippen LogP contribution is 2.27. The molecule has 8 heteroatoms. The Morgan fingerprint density at radius 1 is 0.893 bits per heavy atom. The minimum absolute atomic E-state index is 0.0908. The molecule has 1 aromatic carbocycles. The van der Waals surface area contributed by atoms with Crippen molar-refractivity contribution in [2.24, 2.45) is 0 Å². The smallest absolute Gasteiger partial charge is 0.232 e. The van der Waals surface area contributed by atoms with Crippen LogP contribution < -0.4 is 4.90 Å². The molecule has 2 aromatic heterocycles. The van der Waals surface area contributed by atoms with Crippen molar-refractivity contribution in [3.8, 4) is 0 Å². The fourth-order valence-electron chi connectivity index (χ4n) is 3.69. The van der Waals surface area contributed by atoms with Crippen LogP contribution in [0.4, 0.5) is 5.69 Å². The summed E-state index contributed by atoms with van der Waals surface area (Å²) in [7, 11) is 0. The zero-order valence-electron chi connectivity index (χ0n) is 15.3. The number of carbonyl (C=O) groups is 2. The number of rotatable bonds is 2. The van der Waals surface area contributed by atoms with Gasteiger partial charge in [0.1, 0.15) is 17.1 Å². The van der Waals surface area contributed by atoms with E-state index in [0.29, 0.717) is 11.0 Å². The average Bonchev–Trinajstić information content (AvgIpc) is 2.76. The van der Waals surface area contributed by atoms with Crippen LogP contribution in [0.2, 0.25) is 0 Å². The molecule has 3 aromatic rings. The van der Waals surface area contributed by atoms with E-state index in [1.54, 1.807) is 24.1 Å². The van der Waals surface area contributed by atoms with E-state index in [4.69, 9.17) is 0 Å². The number of benzene rings is 1. The zero-order valence-corrected chi connectivity index (χ0v) is 16.1. The molecule has 0 atom stereocenters. The Labute approximate surface area is 165 Å². The number of anilines is 1. The average molecular weight is 391 g/mol. The van der Waals surface area contributed by atoms with Crippen molar-refractivity contribution in [3.63, 3.8) is 0 Å². The van der Waals surface area contributed by atoms with Gasteiger partial charge in [0.05, 0.1) is 16.6 Å². The molecule has 0 saturated carbocycles. The minimum atomic E-state index is -0.349. The number of aromatic nitrogens is 3. The van der Waals surface area contributed by atoms with E-state index in [-0.39, 0.29) is 34.2 Å². The summed E-state index contributed by atoms with van der Waals surface area (Å²) in [6.45, 7) is 3.84. The van der Waals surface area contributed by atoms with Crippen molar-refractivity contribution in [3.05, 3.63) is 59.2 Å². The predicted molar refractivity (Wildman–Crippen MR) is 108 cm³/mol. The third kappa shape index (κ3) is 2.68. The van der Waals surface area contributed by atoms with E-state index >= 15 is 0 Å². The van der Waals surface area contributed by atoms with E-state index in [9.17, 15) is 9.59 Å². The highest BCUT2D eigenvalue weighted by atomic mass is 32.2. The molecule has 0 bridgehead atoms. The zero-order chi connectivity index (χ0) is 19.3. The Bertz CT molecular complexity index is 1120. The standard InChI is InChI=1S/C20H17N5O2S/c1-28-25-9-7-24(8-10-25)12-4-5-14-15(11-12)23-18-17(22-14)19(26)13-3-2-6-21-16(13)20(18)27/h2-6,11H,7-10H2,1H3. The summed E-state index contributed by atoms with van der Waals surface area (Å²) in [5.74, 6) is -0.650. The molecule has 5 rings (SSSR count). The lowest BCUT2D eigenvalue weighted by molar-refractivity contribution is 0.0968. The van der Waals surface area contributed by atoms with Gasteiger partial charge >= 0.3 is 0 Å². The number of ketones is 2. The summed E-state index contributed by atoms with van der Waals surface area (Å²) in [4.78, 5) is 40.9. The van der Waals surface area contributed by atoms with Gasteiger partial charge in [-0.05, 0) is 36.6 Å². The fourth-order valence-corrected chi connectivity index (χ4v) is 4.22. The molecule has 0 amide bonds. The quantitative estimate of drug-likeness (QED) is 0.481. The molecule has 0 radical (unpaired) electrons. The van der Waals surface area contributed by atoms with Gasteiger partial charge in [-0.3, -0.25) is 14.6 Å². The molecule has 28 heavy (non-hydrogen) atoms. The largest absolute Gasteiger partial charge is 0.369 e. The highest BCUT2D eigenvalue weighted by Gasteiger charge is 2.33. The lowest BCUT2D eigenvalue weighted by Crippen LogP contribution is -2.43. The third-order valence-electron chi connectivity index (χ3n) is 5.21. The summed E-state index contributed by atoms with van der Waals surface area (Å²) < 4.78 is 2.34. The second-order valence-corrected chi connectivity index (χ2v) is 7.63. The predicted octanol–water partition coefficient (Wildman–Crippen LogP) is 2.20. The van der Waals surface area contributed by atoms with Crippen LogP contribution >= 0.6 is 11.9 Å². The van der Waals surface area contributed by atoms with E-state index in [0.717, 1.165) is 31.9 Å². The SMILES string of the molecule is CSN1CCN(c2ccc3nc4c(nc3c2)C(=O)c2ncccc2C4=O)CC1. The molecule has 0 N–H and O–H groups in total. The van der Waals surface area contributed by atoms with E-state index in [1.165, 1.54) is 6.20 Å². The number of pyridine rings is 1. The van der Waals surface area contributed by atoms with E-state index in [1.807, 2.05) is 18.2 Å². The molecule has 0 spiro atoms. The van der Waals surface area contributed by atoms with Gasteiger partial charge in [0, 0.05) is 38.1 Å². The normalized spacial score (nSPS) is 17.0. The van der Waals surface area contributed by atoms with E-state index in [2.05, 4.69) is 30.4 Å². The van der Waals surface area contributed by atoms with Crippen molar-refractivity contribution in [1.82, 2.24) is 19.3 Å². The Morgan fingerprint density at radius 2 is 1.64 bits per heavy atom. The van der Waals surface area contributed by atoms with Gasteiger partial charge in [0.2, 0.25) is 11.6 Å². The molecule has 0 unspecified atom stereocenters. The lowest BCUT2D eigenvalue weighted by atomic mass is 9.93. The van der Waals surface area contributed by atoms with Gasteiger partial charge in [0.15, 0.2) is 0 Å². The second-order valence-electron chi connectivity index (χ2n) is 6.75. The molecule has 1 fully saturated rings. The first-order chi connectivity index (χ1) is 13.7. The van der Waals surface area contributed by atoms with Gasteiger partial charge in [-0.1, -0.05) is 11.9 Å². The second kappa shape index (κ2) is 6.65. The molecule has 1 saturated heterocycles. The Kier molecular flexibility index (Phi) is 4.10. The lowest BCUT2D eigenvalue weighted by Gasteiger charge is -2.34. The van der Waals surface area contributed by atoms with Gasteiger partial charge in [-0.2, -0.15) is 0 Å². The molecule has 2 aliphatic rings. The first-order valence-corrected chi connectivity index (χ1v) is 10.2. The number of fused-ring (bicyclic) bond motifs is 3. The van der Waals surface area contributed by atoms with Crippen molar-refractivity contribution in [1.29, 1.82) is 0 Å². The Morgan fingerprint density at radius 3 is 2.43 bits per heavy atom. The summed E-state index contributed by atoms with van der Waals surface area (Å²) >= 11 is 1.76. The molecular formula is C20H17N5O2S. The van der Waals surface area contributed by atoms with Crippen LogP contribution in [0.3, 0.4) is 0 Å². The minimum Gasteiger partial charge on any atom is -0.369 e. The molecule has 1 aliphatic heterocycles. The molecule has 3 heterocycles. The van der Waals surface area contributed by atoms with Gasteiger partial charge in [0.25, 0.3) is 0 Å². The Balaban J connectivity index is 1.56. The van der Waals surface area contributed by atoms with Gasteiger partial charge in [-0.15, -0.1) is 0 Å². The number of nitrogens with zero attached hydrogens (tertiary/aromatic N) is 5. The summed E-state index contributed by atoms with van der Waals surface area (Å²) in [6, 6.07) is 9.07. The molecule has 140 valence electrons. The van der Waals surface area contributed by atoms with Crippen molar-refractivity contribution in [2.45, 2.75) is 0 Å². The van der Waals surface area contributed by atoms with Crippen LogP contribution in [0.1, 0.15) is 32.2 Å². The molecule has 7 nitrogen and oxygen atoms in total. The monoisotopic (exact) mass is 391 g/mol. The summed E-state index contributed by atoms with van der Waals surface area (Å²) in [5, 5.41) is 0. The number of hydrogen-bond acceptors (Lipinski definition) is 8. The molecular weight excluding hydrogens is 374 g/mol. The highest BCUT2D eigenvalue weighted by molar-refractivity contribution is 7.96. The maximum absolute atomic E-state index is 12.8. The van der Waals surface area contributed by atoms with Gasteiger partial charge in [-0.25, -0.2) is 14.3 Å². The van der Waals surface area contributed by atoms with Crippen molar-refractivity contribution in [2.75, 3.05) is 37.3 Å². The van der Waals surface area contributed by atoms with Crippen LogP contribution in [-0.4, -0.2) is 63.3 Å². The number of hydrogen-bond donors (Lipinski definition) is 0. The van der Waals surface area contributed by atoms with Crippen LogP contribution in [0.5, 0.6) is 0 Å². The molecule has 1 aliphatic carbocycles. The van der Waals surface area contributed by atoms with Crippen LogP contribution in [0, 0.1) is 0 Å².